The lowest BCUT2D eigenvalue weighted by molar-refractivity contribution is -0.00842. The first-order valence-electron chi connectivity index (χ1n) is 36.7. The van der Waals surface area contributed by atoms with Gasteiger partial charge in [-0.1, -0.05) is 72.8 Å². The van der Waals surface area contributed by atoms with Crippen LogP contribution < -0.4 is 66.3 Å². The van der Waals surface area contributed by atoms with E-state index in [1.165, 1.54) is 12.1 Å². The quantitative estimate of drug-likeness (QED) is 0.160. The fraction of sp³-hybridized carbons (Fsp3) is 0.469. The first kappa shape index (κ1) is 85.3. The molecule has 596 valence electrons. The molecule has 0 atom stereocenters. The molecule has 28 heteroatoms. The topological polar surface area (TPSA) is 277 Å². The third-order valence-corrected chi connectivity index (χ3v) is 14.9. The Labute approximate surface area is 637 Å². The molecule has 0 spiro atoms. The predicted molar refractivity (Wildman–Crippen MR) is 399 cm³/mol. The summed E-state index contributed by atoms with van der Waals surface area (Å²) in [5, 5.41) is 9.10. The maximum Gasteiger partial charge on any atom is 0.335 e. The number of carboxylic acids is 1. The van der Waals surface area contributed by atoms with Crippen molar-refractivity contribution >= 4 is 5.97 Å². The molecule has 109 heavy (non-hydrogen) atoms. The molecule has 0 amide bonds. The van der Waals surface area contributed by atoms with E-state index in [0.717, 1.165) is 0 Å². The second-order valence-corrected chi connectivity index (χ2v) is 22.9. The van der Waals surface area contributed by atoms with Gasteiger partial charge >= 0.3 is 5.97 Å². The average Bonchev–Trinajstić information content (AvgIpc) is 1.26. The number of benzene rings is 7. The highest BCUT2D eigenvalue weighted by molar-refractivity contribution is 5.88. The standard InChI is InChI=1S/C24H32O8.C22H28O7.C18H20O5.C17H24O8/c1-2-6-22-21(5-1)29-17-13-25-9-10-27-15-19-31-23-7-3-4-8-24(23)32-20-16-28-12-11-26-14-18-30-22;1-3-7-21-19(5-1)26-15-11-23-9-10-24-12-16-27-20-6-2-4-8-22(20)29-18-14-25-13-17-28-21;1-3-7-17-15(5-1)20-11-9-19-10-12-21-16-6-2-4-8-18(16)23-14-13-22-17;18-17(19)14-1-2-15-16(13-14)25-12-10-23-8-6-21-4-3-20-5-7-22-9-11-24-15/h1-8H,9-20H2;1-8H,9-18H2;1-8H,9-14H2;1-2,13H,3-12H2,(H,18,19). The van der Waals surface area contributed by atoms with E-state index in [-0.39, 0.29) is 12.2 Å². The summed E-state index contributed by atoms with van der Waals surface area (Å²) in [6, 6.07) is 49.9. The Morgan fingerprint density at radius 2 is 0.284 bits per heavy atom. The number of aromatic carboxylic acids is 1. The van der Waals surface area contributed by atoms with Crippen molar-refractivity contribution in [2.45, 2.75) is 0 Å². The maximum atomic E-state index is 11.1. The Hall–Kier alpha value is -9.27. The van der Waals surface area contributed by atoms with Gasteiger partial charge in [-0.2, -0.15) is 0 Å². The van der Waals surface area contributed by atoms with Crippen LogP contribution in [0.3, 0.4) is 0 Å². The molecule has 7 aromatic rings. The lowest BCUT2D eigenvalue weighted by Gasteiger charge is -2.14. The van der Waals surface area contributed by atoms with Crippen molar-refractivity contribution in [3.63, 3.8) is 0 Å². The van der Waals surface area contributed by atoms with Gasteiger partial charge in [0.1, 0.15) is 92.5 Å². The molecule has 1 N–H and O–H groups in total. The zero-order valence-corrected chi connectivity index (χ0v) is 61.9. The first-order valence-corrected chi connectivity index (χ1v) is 36.7. The van der Waals surface area contributed by atoms with Crippen molar-refractivity contribution in [1.82, 2.24) is 0 Å². The molecular weight excluding hydrogens is 1420 g/mol. The molecule has 0 fully saturated rings. The highest BCUT2D eigenvalue weighted by Crippen LogP contribution is 2.33. The summed E-state index contributed by atoms with van der Waals surface area (Å²) in [6.45, 7) is 17.1. The summed E-state index contributed by atoms with van der Waals surface area (Å²) in [7, 11) is 0. The zero-order chi connectivity index (χ0) is 75.6. The van der Waals surface area contributed by atoms with Gasteiger partial charge in [-0.3, -0.25) is 0 Å². The van der Waals surface area contributed by atoms with Gasteiger partial charge in [-0.05, 0) is 91.0 Å². The smallest absolute Gasteiger partial charge is 0.335 e. The number of hydrogen-bond donors (Lipinski definition) is 1. The van der Waals surface area contributed by atoms with E-state index in [0.29, 0.717) is 325 Å². The summed E-state index contributed by atoms with van der Waals surface area (Å²) in [5.41, 5.74) is 0.132. The van der Waals surface area contributed by atoms with Crippen molar-refractivity contribution in [1.29, 1.82) is 0 Å². The Balaban J connectivity index is 0.000000184. The van der Waals surface area contributed by atoms with Gasteiger partial charge in [0, 0.05) is 0 Å². The number of carbonyl (C=O) groups is 1. The molecule has 0 aromatic heterocycles. The Morgan fingerprint density at radius 3 is 0.431 bits per heavy atom. The molecule has 0 saturated carbocycles. The SMILES string of the molecule is O=C(O)c1ccc2c(c1)OCCOCCOCCOCCOCCO2.c1ccc2c(c1)OCCOCCOCCOc1ccccc1OCCOCCO2.c1ccc2c(c1)OCCOCCOCCOc1ccccc1OCCOCCOCCO2.c1ccc2c(c1)OCCOCCOc1ccccc1OCCO2. The van der Waals surface area contributed by atoms with Crippen molar-refractivity contribution in [3.05, 3.63) is 169 Å². The molecule has 0 radical (unpaired) electrons. The number of fused-ring (bicyclic) bond motifs is 7. The van der Waals surface area contributed by atoms with Crippen LogP contribution in [-0.2, 0) is 56.8 Å². The van der Waals surface area contributed by atoms with Gasteiger partial charge in [0.2, 0.25) is 0 Å². The summed E-state index contributed by atoms with van der Waals surface area (Å²) in [4.78, 5) is 11.1. The van der Waals surface area contributed by atoms with Gasteiger partial charge in [0.25, 0.3) is 0 Å². The van der Waals surface area contributed by atoms with Crippen LogP contribution in [0.15, 0.2) is 164 Å². The number of hydrogen-bond acceptors (Lipinski definition) is 27. The highest BCUT2D eigenvalue weighted by Gasteiger charge is 2.15. The maximum absolute atomic E-state index is 11.1. The Bertz CT molecular complexity index is 3250. The summed E-state index contributed by atoms with van der Waals surface area (Å²) in [6.07, 6.45) is 0. The fourth-order valence-electron chi connectivity index (χ4n) is 9.77. The Morgan fingerprint density at radius 1 is 0.165 bits per heavy atom. The lowest BCUT2D eigenvalue weighted by atomic mass is 10.2. The van der Waals surface area contributed by atoms with Crippen LogP contribution in [0.1, 0.15) is 10.4 Å². The Kier molecular flexibility index (Phi) is 43.9. The van der Waals surface area contributed by atoms with Crippen molar-refractivity contribution in [2.24, 2.45) is 0 Å². The molecule has 28 nitrogen and oxygen atoms in total. The van der Waals surface area contributed by atoms with E-state index in [9.17, 15) is 4.79 Å². The molecule has 11 rings (SSSR count). The van der Waals surface area contributed by atoms with Gasteiger partial charge in [-0.15, -0.1) is 0 Å². The molecular formula is C81H104O28. The zero-order valence-electron chi connectivity index (χ0n) is 61.9. The minimum absolute atomic E-state index is 0.132. The van der Waals surface area contributed by atoms with Crippen LogP contribution in [0.4, 0.5) is 0 Å². The minimum Gasteiger partial charge on any atom is -0.487 e. The third-order valence-electron chi connectivity index (χ3n) is 14.9. The van der Waals surface area contributed by atoms with E-state index in [1.54, 1.807) is 6.07 Å². The van der Waals surface area contributed by atoms with E-state index >= 15 is 0 Å². The largest absolute Gasteiger partial charge is 0.487 e. The number of carboxylic acid groups (broad SMARTS) is 1. The molecule has 0 unspecified atom stereocenters. The van der Waals surface area contributed by atoms with Gasteiger partial charge in [0.05, 0.1) is 164 Å². The van der Waals surface area contributed by atoms with Crippen molar-refractivity contribution in [2.75, 3.05) is 251 Å². The number of rotatable bonds is 1. The summed E-state index contributed by atoms with van der Waals surface area (Å²) < 4.78 is 146. The molecule has 4 heterocycles. The van der Waals surface area contributed by atoms with E-state index in [4.69, 9.17) is 128 Å². The molecule has 0 saturated heterocycles. The van der Waals surface area contributed by atoms with Crippen LogP contribution in [0.5, 0.6) is 80.5 Å². The van der Waals surface area contributed by atoms with Crippen LogP contribution >= 0.6 is 0 Å². The van der Waals surface area contributed by atoms with E-state index in [1.807, 2.05) is 146 Å². The van der Waals surface area contributed by atoms with Crippen molar-refractivity contribution < 1.29 is 133 Å². The van der Waals surface area contributed by atoms with Gasteiger partial charge in [-0.25, -0.2) is 4.79 Å². The second kappa shape index (κ2) is 56.0. The van der Waals surface area contributed by atoms with E-state index < -0.39 is 5.97 Å². The molecule has 4 aliphatic rings. The molecule has 0 aliphatic carbocycles. The van der Waals surface area contributed by atoms with Crippen molar-refractivity contribution in [3.8, 4) is 80.5 Å². The fourth-order valence-corrected chi connectivity index (χ4v) is 9.77. The van der Waals surface area contributed by atoms with Crippen LogP contribution in [0, 0.1) is 0 Å². The first-order chi connectivity index (χ1) is 54.1. The number of ether oxygens (including phenoxy) is 26. The normalized spacial score (nSPS) is 17.7. The summed E-state index contributed by atoms with van der Waals surface area (Å²) in [5.74, 6) is 8.12. The monoisotopic (exact) mass is 1520 g/mol. The minimum atomic E-state index is -1.03. The van der Waals surface area contributed by atoms with E-state index in [2.05, 4.69) is 0 Å². The summed E-state index contributed by atoms with van der Waals surface area (Å²) >= 11 is 0. The van der Waals surface area contributed by atoms with Gasteiger partial charge in [0.15, 0.2) is 80.5 Å². The molecule has 4 aliphatic heterocycles. The van der Waals surface area contributed by atoms with Crippen LogP contribution in [0.25, 0.3) is 0 Å². The molecule has 7 aromatic carbocycles. The predicted octanol–water partition coefficient (Wildman–Crippen LogP) is 10.1. The van der Waals surface area contributed by atoms with Gasteiger partial charge < -0.3 is 128 Å². The average molecular weight is 1530 g/mol. The van der Waals surface area contributed by atoms with Crippen LogP contribution in [0.2, 0.25) is 0 Å². The lowest BCUT2D eigenvalue weighted by Crippen LogP contribution is -2.16. The highest BCUT2D eigenvalue weighted by atomic mass is 16.6. The second-order valence-electron chi connectivity index (χ2n) is 22.9. The molecule has 0 bridgehead atoms. The number of para-hydroxylation sites is 12. The van der Waals surface area contributed by atoms with Crippen LogP contribution in [-0.4, -0.2) is 262 Å². The third kappa shape index (κ3) is 36.7.